The summed E-state index contributed by atoms with van der Waals surface area (Å²) < 4.78 is 39.4. The number of rotatable bonds is 4. The number of alkyl halides is 3. The Morgan fingerprint density at radius 3 is 2.29 bits per heavy atom. The number of aliphatic carboxylic acids is 1. The molecule has 0 unspecified atom stereocenters. The Kier molecular flexibility index (Phi) is 3.04. The molecule has 0 atom stereocenters. The van der Waals surface area contributed by atoms with Gasteiger partial charge >= 0.3 is 12.1 Å². The van der Waals surface area contributed by atoms with E-state index >= 15 is 0 Å². The van der Waals surface area contributed by atoms with Crippen molar-refractivity contribution < 1.29 is 27.8 Å². The maximum atomic E-state index is 11.7. The quantitative estimate of drug-likeness (QED) is 0.773. The van der Waals surface area contributed by atoms with Gasteiger partial charge in [-0.1, -0.05) is 6.42 Å². The van der Waals surface area contributed by atoms with E-state index in [1.807, 2.05) is 0 Å². The molecule has 0 heterocycles. The molecule has 0 aromatic heterocycles. The van der Waals surface area contributed by atoms with E-state index in [2.05, 4.69) is 4.74 Å². The topological polar surface area (TPSA) is 46.5 Å². The highest BCUT2D eigenvalue weighted by Gasteiger charge is 2.45. The first-order chi connectivity index (χ1) is 6.36. The zero-order chi connectivity index (χ0) is 10.8. The Morgan fingerprint density at radius 1 is 1.43 bits per heavy atom. The van der Waals surface area contributed by atoms with Crippen LogP contribution < -0.4 is 0 Å². The minimum atomic E-state index is -4.39. The van der Waals surface area contributed by atoms with Gasteiger partial charge in [-0.25, -0.2) is 0 Å². The third kappa shape index (κ3) is 2.60. The molecule has 0 aromatic carbocycles. The van der Waals surface area contributed by atoms with Crippen molar-refractivity contribution in [2.75, 3.05) is 13.2 Å². The zero-order valence-electron chi connectivity index (χ0n) is 7.43. The molecule has 0 aromatic rings. The summed E-state index contributed by atoms with van der Waals surface area (Å²) in [5.41, 5.74) is -1.06. The van der Waals surface area contributed by atoms with Crippen molar-refractivity contribution >= 4 is 5.97 Å². The van der Waals surface area contributed by atoms with Gasteiger partial charge in [-0.3, -0.25) is 4.79 Å². The number of carboxylic acids is 1. The summed E-state index contributed by atoms with van der Waals surface area (Å²) in [7, 11) is 0. The summed E-state index contributed by atoms with van der Waals surface area (Å²) >= 11 is 0. The van der Waals surface area contributed by atoms with E-state index in [1.54, 1.807) is 0 Å². The molecular weight excluding hydrogens is 201 g/mol. The summed E-state index contributed by atoms with van der Waals surface area (Å²) in [6.07, 6.45) is -2.84. The molecule has 0 spiro atoms. The average Bonchev–Trinajstić information content (AvgIpc) is 1.91. The summed E-state index contributed by atoms with van der Waals surface area (Å²) in [6.45, 7) is -1.72. The molecule has 3 nitrogen and oxygen atoms in total. The van der Waals surface area contributed by atoms with Crippen LogP contribution in [0.5, 0.6) is 0 Å². The fourth-order valence-corrected chi connectivity index (χ4v) is 1.39. The molecule has 1 rings (SSSR count). The van der Waals surface area contributed by atoms with E-state index in [0.29, 0.717) is 12.8 Å². The Hall–Kier alpha value is -0.780. The molecule has 82 valence electrons. The highest BCUT2D eigenvalue weighted by molar-refractivity contribution is 5.75. The van der Waals surface area contributed by atoms with Crippen molar-refractivity contribution in [3.8, 4) is 0 Å². The zero-order valence-corrected chi connectivity index (χ0v) is 7.43. The number of hydrogen-bond donors (Lipinski definition) is 1. The van der Waals surface area contributed by atoms with E-state index in [9.17, 15) is 18.0 Å². The lowest BCUT2D eigenvalue weighted by atomic mass is 9.69. The third-order valence-electron chi connectivity index (χ3n) is 2.41. The first-order valence-electron chi connectivity index (χ1n) is 4.24. The van der Waals surface area contributed by atoms with E-state index in [0.717, 1.165) is 6.42 Å². The minimum absolute atomic E-state index is 0.345. The summed E-state index contributed by atoms with van der Waals surface area (Å²) in [5.74, 6) is -1.06. The van der Waals surface area contributed by atoms with Crippen molar-refractivity contribution in [1.82, 2.24) is 0 Å². The van der Waals surface area contributed by atoms with Crippen LogP contribution in [0.15, 0.2) is 0 Å². The number of carbonyl (C=O) groups is 1. The van der Waals surface area contributed by atoms with Gasteiger partial charge in [0.15, 0.2) is 0 Å². The molecular formula is C8H11F3O3. The van der Waals surface area contributed by atoms with Gasteiger partial charge in [0.05, 0.1) is 12.0 Å². The Labute approximate surface area is 78.9 Å². The van der Waals surface area contributed by atoms with Crippen LogP contribution in [-0.2, 0) is 9.53 Å². The average molecular weight is 212 g/mol. The van der Waals surface area contributed by atoms with Gasteiger partial charge in [0, 0.05) is 0 Å². The summed E-state index contributed by atoms with van der Waals surface area (Å²) in [5, 5.41) is 8.75. The minimum Gasteiger partial charge on any atom is -0.481 e. The van der Waals surface area contributed by atoms with Crippen LogP contribution in [0.4, 0.5) is 13.2 Å². The fraction of sp³-hybridized carbons (Fsp3) is 0.875. The maximum absolute atomic E-state index is 11.7. The predicted molar refractivity (Wildman–Crippen MR) is 40.8 cm³/mol. The van der Waals surface area contributed by atoms with E-state index in [-0.39, 0.29) is 6.61 Å². The molecule has 0 saturated heterocycles. The van der Waals surface area contributed by atoms with Crippen LogP contribution in [0.3, 0.4) is 0 Å². The molecule has 1 saturated carbocycles. The van der Waals surface area contributed by atoms with Gasteiger partial charge in [-0.2, -0.15) is 13.2 Å². The van der Waals surface area contributed by atoms with Gasteiger partial charge in [0.2, 0.25) is 0 Å². The maximum Gasteiger partial charge on any atom is 0.411 e. The lowest BCUT2D eigenvalue weighted by Crippen LogP contribution is -2.42. The predicted octanol–water partition coefficient (Wildman–Crippen LogP) is 1.82. The Morgan fingerprint density at radius 2 is 2.00 bits per heavy atom. The van der Waals surface area contributed by atoms with E-state index in [4.69, 9.17) is 5.11 Å². The van der Waals surface area contributed by atoms with Gasteiger partial charge in [0.25, 0.3) is 0 Å². The molecule has 0 amide bonds. The van der Waals surface area contributed by atoms with Crippen LogP contribution in [0.1, 0.15) is 19.3 Å². The highest BCUT2D eigenvalue weighted by Crippen LogP contribution is 2.41. The van der Waals surface area contributed by atoms with E-state index < -0.39 is 24.2 Å². The van der Waals surface area contributed by atoms with Crippen LogP contribution in [0.2, 0.25) is 0 Å². The molecule has 0 radical (unpaired) electrons. The van der Waals surface area contributed by atoms with E-state index in [1.165, 1.54) is 0 Å². The molecule has 0 aliphatic heterocycles. The van der Waals surface area contributed by atoms with Gasteiger partial charge in [-0.15, -0.1) is 0 Å². The van der Waals surface area contributed by atoms with Crippen molar-refractivity contribution in [3.63, 3.8) is 0 Å². The van der Waals surface area contributed by atoms with Crippen LogP contribution in [0, 0.1) is 5.41 Å². The SMILES string of the molecule is O=C(O)C1(COCC(F)(F)F)CCC1. The first kappa shape index (κ1) is 11.3. The van der Waals surface area contributed by atoms with Crippen molar-refractivity contribution in [2.45, 2.75) is 25.4 Å². The standard InChI is InChI=1S/C8H11F3O3/c9-8(10,11)5-14-4-7(6(12)13)2-1-3-7/h1-5H2,(H,12,13). The third-order valence-corrected chi connectivity index (χ3v) is 2.41. The highest BCUT2D eigenvalue weighted by atomic mass is 19.4. The lowest BCUT2D eigenvalue weighted by molar-refractivity contribution is -0.191. The molecule has 14 heavy (non-hydrogen) atoms. The fourth-order valence-electron chi connectivity index (χ4n) is 1.39. The number of halogens is 3. The second-order valence-corrected chi connectivity index (χ2v) is 3.55. The van der Waals surface area contributed by atoms with Crippen molar-refractivity contribution in [3.05, 3.63) is 0 Å². The number of hydrogen-bond acceptors (Lipinski definition) is 2. The molecule has 1 aliphatic rings. The Balaban J connectivity index is 2.33. The second kappa shape index (κ2) is 3.76. The first-order valence-corrected chi connectivity index (χ1v) is 4.24. The van der Waals surface area contributed by atoms with Gasteiger partial charge < -0.3 is 9.84 Å². The van der Waals surface area contributed by atoms with Crippen LogP contribution in [-0.4, -0.2) is 30.5 Å². The molecule has 1 fully saturated rings. The van der Waals surface area contributed by atoms with Gasteiger partial charge in [-0.05, 0) is 12.8 Å². The van der Waals surface area contributed by atoms with Gasteiger partial charge in [0.1, 0.15) is 6.61 Å². The van der Waals surface area contributed by atoms with Crippen molar-refractivity contribution in [2.24, 2.45) is 5.41 Å². The second-order valence-electron chi connectivity index (χ2n) is 3.55. The summed E-state index contributed by atoms with van der Waals surface area (Å²) in [6, 6.07) is 0. The monoisotopic (exact) mass is 212 g/mol. The van der Waals surface area contributed by atoms with Crippen molar-refractivity contribution in [1.29, 1.82) is 0 Å². The van der Waals surface area contributed by atoms with Crippen LogP contribution >= 0.6 is 0 Å². The molecule has 1 N–H and O–H groups in total. The molecule has 6 heteroatoms. The lowest BCUT2D eigenvalue weighted by Gasteiger charge is -2.37. The number of ether oxygens (including phenoxy) is 1. The smallest absolute Gasteiger partial charge is 0.411 e. The Bertz CT molecular complexity index is 220. The molecule has 0 bridgehead atoms. The summed E-state index contributed by atoms with van der Waals surface area (Å²) in [4.78, 5) is 10.7. The normalized spacial score (nSPS) is 20.2. The largest absolute Gasteiger partial charge is 0.481 e. The van der Waals surface area contributed by atoms with Crippen LogP contribution in [0.25, 0.3) is 0 Å². The molecule has 1 aliphatic carbocycles. The number of carboxylic acid groups (broad SMARTS) is 1.